The molecule has 0 saturated heterocycles. The van der Waals surface area contributed by atoms with Crippen molar-refractivity contribution in [1.29, 1.82) is 0 Å². The lowest BCUT2D eigenvalue weighted by atomic mass is 10.1. The van der Waals surface area contributed by atoms with Gasteiger partial charge in [-0.2, -0.15) is 18.3 Å². The lowest BCUT2D eigenvalue weighted by molar-refractivity contribution is -0.137. The van der Waals surface area contributed by atoms with E-state index in [1.165, 1.54) is 0 Å². The van der Waals surface area contributed by atoms with E-state index in [2.05, 4.69) is 25.7 Å². The average molecular weight is 427 g/mol. The van der Waals surface area contributed by atoms with Crippen LogP contribution in [0, 0.1) is 13.8 Å². The number of carbonyl (C=O) groups excluding carboxylic acids is 1. The Kier molecular flexibility index (Phi) is 5.65. The molecule has 11 heteroatoms. The summed E-state index contributed by atoms with van der Waals surface area (Å²) in [6.45, 7) is 4.03. The van der Waals surface area contributed by atoms with Crippen LogP contribution in [0.2, 0.25) is 5.02 Å². The highest BCUT2D eigenvalue weighted by Gasteiger charge is 2.31. The topological polar surface area (TPSA) is 84.7 Å². The van der Waals surface area contributed by atoms with E-state index in [9.17, 15) is 18.0 Å². The Morgan fingerprint density at radius 2 is 1.97 bits per heavy atom. The molecular formula is C18H18ClF3N6O. The van der Waals surface area contributed by atoms with E-state index >= 15 is 0 Å². The molecule has 3 aromatic heterocycles. The summed E-state index contributed by atoms with van der Waals surface area (Å²) >= 11 is 5.85. The molecule has 0 aromatic carbocycles. The molecule has 29 heavy (non-hydrogen) atoms. The standard InChI is InChI=1S/C18H18ClF3N6O/c1-9-6-12(14-10(2)27-28(3)16(14)26-9)17(29)24-5-4-23-15-13(19)7-11(8-25-15)18(20,21)22/h6-8H,4-5H2,1-3H3,(H,23,25)(H,24,29). The van der Waals surface area contributed by atoms with Crippen LogP contribution >= 0.6 is 11.6 Å². The van der Waals surface area contributed by atoms with Gasteiger partial charge in [0.15, 0.2) is 5.65 Å². The Balaban J connectivity index is 1.65. The van der Waals surface area contributed by atoms with E-state index in [-0.39, 0.29) is 29.8 Å². The Hall–Kier alpha value is -2.88. The van der Waals surface area contributed by atoms with Crippen LogP contribution in [0.25, 0.3) is 11.0 Å². The summed E-state index contributed by atoms with van der Waals surface area (Å²) in [6.07, 6.45) is -3.81. The third-order valence-corrected chi connectivity index (χ3v) is 4.50. The summed E-state index contributed by atoms with van der Waals surface area (Å²) in [5.74, 6) is -0.191. The molecule has 0 radical (unpaired) electrons. The van der Waals surface area contributed by atoms with Gasteiger partial charge in [-0.05, 0) is 26.0 Å². The number of pyridine rings is 2. The Bertz CT molecular complexity index is 1080. The predicted molar refractivity (Wildman–Crippen MR) is 103 cm³/mol. The van der Waals surface area contributed by atoms with Gasteiger partial charge in [0.1, 0.15) is 5.82 Å². The van der Waals surface area contributed by atoms with Gasteiger partial charge < -0.3 is 10.6 Å². The minimum atomic E-state index is -4.51. The Morgan fingerprint density at radius 1 is 1.24 bits per heavy atom. The second kappa shape index (κ2) is 7.86. The molecule has 3 aromatic rings. The van der Waals surface area contributed by atoms with Gasteiger partial charge in [0.05, 0.1) is 27.2 Å². The average Bonchev–Trinajstić information content (AvgIpc) is 2.91. The lowest BCUT2D eigenvalue weighted by Gasteiger charge is -2.11. The van der Waals surface area contributed by atoms with Crippen molar-refractivity contribution in [3.8, 4) is 0 Å². The molecular weight excluding hydrogens is 409 g/mol. The third-order valence-electron chi connectivity index (χ3n) is 4.21. The number of alkyl halides is 3. The predicted octanol–water partition coefficient (Wildman–Crippen LogP) is 3.49. The Morgan fingerprint density at radius 3 is 2.62 bits per heavy atom. The number of nitrogens with one attached hydrogen (secondary N) is 2. The molecule has 0 spiro atoms. The number of anilines is 1. The number of rotatable bonds is 5. The van der Waals surface area contributed by atoms with Crippen molar-refractivity contribution in [1.82, 2.24) is 25.1 Å². The molecule has 0 aliphatic carbocycles. The van der Waals surface area contributed by atoms with Gasteiger partial charge in [0.2, 0.25) is 0 Å². The SMILES string of the molecule is Cc1cc(C(=O)NCCNc2ncc(C(F)(F)F)cc2Cl)c2c(C)nn(C)c2n1. The fraction of sp³-hybridized carbons (Fsp3) is 0.333. The highest BCUT2D eigenvalue weighted by Crippen LogP contribution is 2.32. The van der Waals surface area contributed by atoms with Gasteiger partial charge in [0.25, 0.3) is 5.91 Å². The van der Waals surface area contributed by atoms with E-state index in [1.54, 1.807) is 31.6 Å². The number of hydrogen-bond acceptors (Lipinski definition) is 5. The van der Waals surface area contributed by atoms with E-state index in [1.807, 2.05) is 0 Å². The highest BCUT2D eigenvalue weighted by atomic mass is 35.5. The molecule has 0 aliphatic rings. The van der Waals surface area contributed by atoms with Crippen molar-refractivity contribution in [2.45, 2.75) is 20.0 Å². The summed E-state index contributed by atoms with van der Waals surface area (Å²) < 4.78 is 39.6. The maximum absolute atomic E-state index is 12.6. The molecule has 0 bridgehead atoms. The minimum Gasteiger partial charge on any atom is -0.367 e. The molecule has 1 amide bonds. The lowest BCUT2D eigenvalue weighted by Crippen LogP contribution is -2.29. The monoisotopic (exact) mass is 426 g/mol. The van der Waals surface area contributed by atoms with Crippen LogP contribution in [0.15, 0.2) is 18.3 Å². The Labute approximate surface area is 169 Å². The number of halogens is 4. The van der Waals surface area contributed by atoms with Crippen LogP contribution in [0.1, 0.15) is 27.3 Å². The van der Waals surface area contributed by atoms with Gasteiger partial charge in [-0.1, -0.05) is 11.6 Å². The van der Waals surface area contributed by atoms with Gasteiger partial charge >= 0.3 is 6.18 Å². The van der Waals surface area contributed by atoms with Crippen molar-refractivity contribution >= 4 is 34.4 Å². The molecule has 0 atom stereocenters. The van der Waals surface area contributed by atoms with Crippen molar-refractivity contribution in [3.05, 3.63) is 45.9 Å². The summed E-state index contributed by atoms with van der Waals surface area (Å²) in [5.41, 5.74) is 1.53. The first-order valence-corrected chi connectivity index (χ1v) is 9.01. The molecule has 0 fully saturated rings. The van der Waals surface area contributed by atoms with Gasteiger partial charge in [-0.3, -0.25) is 9.48 Å². The molecule has 7 nitrogen and oxygen atoms in total. The third kappa shape index (κ3) is 4.42. The second-order valence-electron chi connectivity index (χ2n) is 6.45. The van der Waals surface area contributed by atoms with E-state index in [0.717, 1.165) is 6.07 Å². The largest absolute Gasteiger partial charge is 0.417 e. The van der Waals surface area contributed by atoms with E-state index in [4.69, 9.17) is 11.6 Å². The van der Waals surface area contributed by atoms with Gasteiger partial charge in [-0.25, -0.2) is 9.97 Å². The zero-order chi connectivity index (χ0) is 21.3. The number of hydrogen-bond donors (Lipinski definition) is 2. The van der Waals surface area contributed by atoms with Crippen molar-refractivity contribution in [3.63, 3.8) is 0 Å². The zero-order valence-electron chi connectivity index (χ0n) is 15.9. The van der Waals surface area contributed by atoms with E-state index in [0.29, 0.717) is 34.2 Å². The number of carbonyl (C=O) groups is 1. The van der Waals surface area contributed by atoms with Crippen LogP contribution in [0.3, 0.4) is 0 Å². The molecule has 2 N–H and O–H groups in total. The number of amides is 1. The molecule has 0 saturated carbocycles. The summed E-state index contributed by atoms with van der Waals surface area (Å²) in [6, 6.07) is 2.49. The zero-order valence-corrected chi connectivity index (χ0v) is 16.6. The van der Waals surface area contributed by atoms with Crippen LogP contribution < -0.4 is 10.6 Å². The quantitative estimate of drug-likeness (QED) is 0.610. The molecule has 3 rings (SSSR count). The first kappa shape index (κ1) is 20.8. The minimum absolute atomic E-state index is 0.110. The number of fused-ring (bicyclic) bond motifs is 1. The van der Waals surface area contributed by atoms with Crippen molar-refractivity contribution < 1.29 is 18.0 Å². The fourth-order valence-corrected chi connectivity index (χ4v) is 3.16. The maximum atomic E-state index is 12.6. The smallest absolute Gasteiger partial charge is 0.367 e. The summed E-state index contributed by atoms with van der Waals surface area (Å²) in [4.78, 5) is 20.7. The van der Waals surface area contributed by atoms with Crippen molar-refractivity contribution in [2.75, 3.05) is 18.4 Å². The van der Waals surface area contributed by atoms with Gasteiger partial charge in [0, 0.05) is 32.0 Å². The molecule has 0 unspecified atom stereocenters. The molecule has 3 heterocycles. The number of aryl methyl sites for hydroxylation is 3. The number of aromatic nitrogens is 4. The summed E-state index contributed by atoms with van der Waals surface area (Å²) in [7, 11) is 1.76. The number of nitrogens with zero attached hydrogens (tertiary/aromatic N) is 4. The van der Waals surface area contributed by atoms with Crippen LogP contribution in [0.4, 0.5) is 19.0 Å². The molecule has 154 valence electrons. The van der Waals surface area contributed by atoms with E-state index < -0.39 is 11.7 Å². The van der Waals surface area contributed by atoms with Crippen molar-refractivity contribution in [2.24, 2.45) is 7.05 Å². The molecule has 0 aliphatic heterocycles. The fourth-order valence-electron chi connectivity index (χ4n) is 2.92. The first-order valence-electron chi connectivity index (χ1n) is 8.63. The maximum Gasteiger partial charge on any atom is 0.417 e. The van der Waals surface area contributed by atoms with Crippen LogP contribution in [-0.2, 0) is 13.2 Å². The van der Waals surface area contributed by atoms with Crippen LogP contribution in [-0.4, -0.2) is 38.7 Å². The summed E-state index contributed by atoms with van der Waals surface area (Å²) in [5, 5.41) is 10.4. The first-order chi connectivity index (χ1) is 13.6. The normalized spacial score (nSPS) is 11.7. The second-order valence-corrected chi connectivity index (χ2v) is 6.86. The highest BCUT2D eigenvalue weighted by molar-refractivity contribution is 6.33. The van der Waals surface area contributed by atoms with Crippen LogP contribution in [0.5, 0.6) is 0 Å². The van der Waals surface area contributed by atoms with Gasteiger partial charge in [-0.15, -0.1) is 0 Å².